The zero-order chi connectivity index (χ0) is 13.2. The number of nitrogen functional groups attached to an aromatic ring is 1. The minimum absolute atomic E-state index is 0.0427. The summed E-state index contributed by atoms with van der Waals surface area (Å²) in [4.78, 5) is 13.8. The zero-order valence-corrected chi connectivity index (χ0v) is 10.8. The van der Waals surface area contributed by atoms with E-state index in [1.165, 1.54) is 0 Å². The molecule has 0 bridgehead atoms. The van der Waals surface area contributed by atoms with E-state index in [4.69, 9.17) is 5.73 Å². The van der Waals surface area contributed by atoms with E-state index in [2.05, 4.69) is 0 Å². The lowest BCUT2D eigenvalue weighted by Gasteiger charge is -2.19. The molecular weight excluding hydrogens is 252 g/mol. The van der Waals surface area contributed by atoms with Crippen molar-refractivity contribution < 1.29 is 13.2 Å². The third-order valence-corrected chi connectivity index (χ3v) is 4.69. The second kappa shape index (κ2) is 4.97. The van der Waals surface area contributed by atoms with Gasteiger partial charge in [-0.1, -0.05) is 6.07 Å². The van der Waals surface area contributed by atoms with Crippen LogP contribution in [0.1, 0.15) is 16.8 Å². The Morgan fingerprint density at radius 3 is 2.72 bits per heavy atom. The van der Waals surface area contributed by atoms with E-state index in [0.717, 1.165) is 0 Å². The van der Waals surface area contributed by atoms with E-state index in [1.54, 1.807) is 29.2 Å². The third-order valence-electron chi connectivity index (χ3n) is 2.98. The Morgan fingerprint density at radius 1 is 1.22 bits per heavy atom. The number of benzene rings is 1. The summed E-state index contributed by atoms with van der Waals surface area (Å²) in [5.74, 6) is 0.0498. The van der Waals surface area contributed by atoms with Gasteiger partial charge in [-0.3, -0.25) is 4.79 Å². The van der Waals surface area contributed by atoms with Crippen molar-refractivity contribution in [2.75, 3.05) is 30.3 Å². The first-order chi connectivity index (χ1) is 8.48. The molecule has 98 valence electrons. The number of hydrogen-bond acceptors (Lipinski definition) is 4. The average Bonchev–Trinajstić information content (AvgIpc) is 2.49. The number of nitrogens with zero attached hydrogens (tertiary/aromatic N) is 1. The fraction of sp³-hybridized carbons (Fsp3) is 0.417. The van der Waals surface area contributed by atoms with Crippen molar-refractivity contribution >= 4 is 21.4 Å². The van der Waals surface area contributed by atoms with Gasteiger partial charge in [0.1, 0.15) is 0 Å². The number of carbonyl (C=O) groups excluding carboxylic acids is 1. The van der Waals surface area contributed by atoms with Crippen molar-refractivity contribution in [1.29, 1.82) is 0 Å². The van der Waals surface area contributed by atoms with Crippen LogP contribution in [0.15, 0.2) is 24.3 Å². The molecule has 0 aliphatic carbocycles. The predicted octanol–water partition coefficient (Wildman–Crippen LogP) is 0.529. The lowest BCUT2D eigenvalue weighted by Crippen LogP contribution is -2.33. The monoisotopic (exact) mass is 268 g/mol. The fourth-order valence-electron chi connectivity index (χ4n) is 2.00. The average molecular weight is 268 g/mol. The van der Waals surface area contributed by atoms with Gasteiger partial charge in [0.25, 0.3) is 5.91 Å². The lowest BCUT2D eigenvalue weighted by atomic mass is 10.1. The normalized spacial score (nSPS) is 19.2. The van der Waals surface area contributed by atoms with E-state index < -0.39 is 9.84 Å². The third kappa shape index (κ3) is 3.01. The molecule has 0 saturated carbocycles. The number of anilines is 1. The molecule has 0 aromatic heterocycles. The van der Waals surface area contributed by atoms with Gasteiger partial charge in [-0.15, -0.1) is 0 Å². The predicted molar refractivity (Wildman–Crippen MR) is 70.0 cm³/mol. The Morgan fingerprint density at radius 2 is 2.00 bits per heavy atom. The van der Waals surface area contributed by atoms with Crippen molar-refractivity contribution in [3.05, 3.63) is 29.8 Å². The maximum atomic E-state index is 12.2. The molecule has 5 nitrogen and oxygen atoms in total. The van der Waals surface area contributed by atoms with Gasteiger partial charge in [0.05, 0.1) is 11.5 Å². The van der Waals surface area contributed by atoms with Crippen molar-refractivity contribution in [3.63, 3.8) is 0 Å². The molecule has 6 heteroatoms. The van der Waals surface area contributed by atoms with Crippen molar-refractivity contribution in [2.45, 2.75) is 6.42 Å². The molecule has 2 N–H and O–H groups in total. The Kier molecular flexibility index (Phi) is 3.56. The SMILES string of the molecule is Nc1cccc(C(=O)N2CCCS(=O)(=O)CC2)c1. The number of rotatable bonds is 1. The quantitative estimate of drug-likeness (QED) is 0.753. The summed E-state index contributed by atoms with van der Waals surface area (Å²) < 4.78 is 22.9. The van der Waals surface area contributed by atoms with Crippen LogP contribution in [0, 0.1) is 0 Å². The molecule has 1 amide bonds. The highest BCUT2D eigenvalue weighted by Crippen LogP contribution is 2.12. The van der Waals surface area contributed by atoms with Gasteiger partial charge in [-0.25, -0.2) is 8.42 Å². The first-order valence-electron chi connectivity index (χ1n) is 5.83. The van der Waals surface area contributed by atoms with Crippen LogP contribution >= 0.6 is 0 Å². The number of sulfone groups is 1. The van der Waals surface area contributed by atoms with E-state index in [1.807, 2.05) is 0 Å². The lowest BCUT2D eigenvalue weighted by molar-refractivity contribution is 0.0768. The minimum atomic E-state index is -2.99. The largest absolute Gasteiger partial charge is 0.399 e. The molecule has 1 aromatic rings. The first kappa shape index (κ1) is 12.9. The second-order valence-electron chi connectivity index (χ2n) is 4.42. The number of nitrogens with two attached hydrogens (primary N) is 1. The summed E-state index contributed by atoms with van der Waals surface area (Å²) in [6.07, 6.45) is 0.496. The fourth-order valence-corrected chi connectivity index (χ4v) is 3.27. The number of hydrogen-bond donors (Lipinski definition) is 1. The van der Waals surface area contributed by atoms with Crippen molar-refractivity contribution in [2.24, 2.45) is 0 Å². The summed E-state index contributed by atoms with van der Waals surface area (Å²) in [6, 6.07) is 6.74. The summed E-state index contributed by atoms with van der Waals surface area (Å²) in [5.41, 5.74) is 6.67. The van der Waals surface area contributed by atoms with Crippen LogP contribution < -0.4 is 5.73 Å². The minimum Gasteiger partial charge on any atom is -0.399 e. The van der Waals surface area contributed by atoms with E-state index in [-0.39, 0.29) is 24.0 Å². The van der Waals surface area contributed by atoms with E-state index in [0.29, 0.717) is 24.2 Å². The van der Waals surface area contributed by atoms with Crippen LogP contribution in [0.2, 0.25) is 0 Å². The topological polar surface area (TPSA) is 80.5 Å². The molecule has 1 fully saturated rings. The standard InChI is InChI=1S/C12H16N2O3S/c13-11-4-1-3-10(9-11)12(15)14-5-2-7-18(16,17)8-6-14/h1,3-4,9H,2,5-8,13H2. The number of carbonyl (C=O) groups is 1. The summed E-state index contributed by atoms with van der Waals surface area (Å²) in [7, 11) is -2.99. The molecule has 1 heterocycles. The van der Waals surface area contributed by atoms with Crippen LogP contribution in [0.3, 0.4) is 0 Å². The van der Waals surface area contributed by atoms with E-state index >= 15 is 0 Å². The zero-order valence-electron chi connectivity index (χ0n) is 10.0. The van der Waals surface area contributed by atoms with Crippen molar-refractivity contribution in [3.8, 4) is 0 Å². The van der Waals surface area contributed by atoms with E-state index in [9.17, 15) is 13.2 Å². The Bertz CT molecular complexity index is 554. The highest BCUT2D eigenvalue weighted by atomic mass is 32.2. The Hall–Kier alpha value is -1.56. The second-order valence-corrected chi connectivity index (χ2v) is 6.73. The van der Waals surface area contributed by atoms with Crippen LogP contribution in [0.5, 0.6) is 0 Å². The molecular formula is C12H16N2O3S. The molecule has 1 saturated heterocycles. The molecule has 0 atom stereocenters. The highest BCUT2D eigenvalue weighted by Gasteiger charge is 2.23. The molecule has 0 spiro atoms. The summed E-state index contributed by atoms with van der Waals surface area (Å²) >= 11 is 0. The van der Waals surface area contributed by atoms with Gasteiger partial charge >= 0.3 is 0 Å². The van der Waals surface area contributed by atoms with Crippen LogP contribution in [0.4, 0.5) is 5.69 Å². The summed E-state index contributed by atoms with van der Waals surface area (Å²) in [5, 5.41) is 0. The van der Waals surface area contributed by atoms with Crippen LogP contribution in [-0.2, 0) is 9.84 Å². The van der Waals surface area contributed by atoms with Crippen molar-refractivity contribution in [1.82, 2.24) is 4.90 Å². The van der Waals surface area contributed by atoms with Gasteiger partial charge in [-0.05, 0) is 24.6 Å². The molecule has 0 unspecified atom stereocenters. The number of amides is 1. The molecule has 1 aliphatic rings. The van der Waals surface area contributed by atoms with Gasteiger partial charge in [0, 0.05) is 24.3 Å². The van der Waals surface area contributed by atoms with Crippen LogP contribution in [-0.4, -0.2) is 43.8 Å². The Balaban J connectivity index is 2.14. The van der Waals surface area contributed by atoms with Gasteiger partial charge in [0.15, 0.2) is 9.84 Å². The van der Waals surface area contributed by atoms with Crippen LogP contribution in [0.25, 0.3) is 0 Å². The first-order valence-corrected chi connectivity index (χ1v) is 7.65. The highest BCUT2D eigenvalue weighted by molar-refractivity contribution is 7.91. The van der Waals surface area contributed by atoms with Gasteiger partial charge < -0.3 is 10.6 Å². The molecule has 0 radical (unpaired) electrons. The van der Waals surface area contributed by atoms with Gasteiger partial charge in [-0.2, -0.15) is 0 Å². The smallest absolute Gasteiger partial charge is 0.253 e. The Labute approximate surface area is 107 Å². The maximum absolute atomic E-state index is 12.2. The molecule has 18 heavy (non-hydrogen) atoms. The maximum Gasteiger partial charge on any atom is 0.253 e. The summed E-state index contributed by atoms with van der Waals surface area (Å²) in [6.45, 7) is 0.739. The van der Waals surface area contributed by atoms with Gasteiger partial charge in [0.2, 0.25) is 0 Å². The molecule has 1 aliphatic heterocycles. The molecule has 2 rings (SSSR count). The molecule has 1 aromatic carbocycles.